The molecule has 1 aromatic rings. The fraction of sp³-hybridized carbons (Fsp3) is 0.0476. The van der Waals surface area contributed by atoms with Crippen molar-refractivity contribution in [3.63, 3.8) is 0 Å². The normalized spacial score (nSPS) is 17.5. The summed E-state index contributed by atoms with van der Waals surface area (Å²) < 4.78 is 0. The molecular weight excluding hydrogens is 266 g/mol. The first-order valence-corrected chi connectivity index (χ1v) is 7.30. The fourth-order valence-corrected chi connectivity index (χ4v) is 2.59. The van der Waals surface area contributed by atoms with E-state index in [0.717, 1.165) is 22.7 Å². The van der Waals surface area contributed by atoms with Crippen molar-refractivity contribution in [2.24, 2.45) is 0 Å². The molecule has 1 aliphatic carbocycles. The van der Waals surface area contributed by atoms with Gasteiger partial charge in [0.05, 0.1) is 11.4 Å². The van der Waals surface area contributed by atoms with Crippen LogP contribution in [0, 0.1) is 0 Å². The molecule has 1 nitrogen and oxygen atoms in total. The number of hydrogen-bond donors (Lipinski definition) is 0. The molecule has 1 aromatic carbocycles. The van der Waals surface area contributed by atoms with E-state index in [9.17, 15) is 0 Å². The Kier molecular flexibility index (Phi) is 3.94. The van der Waals surface area contributed by atoms with Gasteiger partial charge in [0.15, 0.2) is 0 Å². The molecule has 0 spiro atoms. The molecule has 22 heavy (non-hydrogen) atoms. The highest BCUT2D eigenvalue weighted by molar-refractivity contribution is 5.88. The number of benzene rings is 1. The summed E-state index contributed by atoms with van der Waals surface area (Å²) in [5.41, 5.74) is 12.2. The average Bonchev–Trinajstić information content (AvgIpc) is 2.53. The van der Waals surface area contributed by atoms with Crippen molar-refractivity contribution in [3.05, 3.63) is 108 Å². The highest BCUT2D eigenvalue weighted by atomic mass is 15.2. The second-order valence-electron chi connectivity index (χ2n) is 4.92. The maximum Gasteiger partial charge on any atom is 0.0975 e. The highest BCUT2D eigenvalue weighted by Gasteiger charge is 2.21. The Morgan fingerprint density at radius 3 is 2.95 bits per heavy atom. The smallest absolute Gasteiger partial charge is 0.0975 e. The highest BCUT2D eigenvalue weighted by Crippen LogP contribution is 2.37. The zero-order valence-electron chi connectivity index (χ0n) is 12.6. The molecule has 0 radical (unpaired) electrons. The summed E-state index contributed by atoms with van der Waals surface area (Å²) in [6, 6.07) is 8.38. The van der Waals surface area contributed by atoms with Gasteiger partial charge < -0.3 is 4.90 Å². The Labute approximate surface area is 131 Å². The molecule has 0 atom stereocenters. The Hall–Kier alpha value is -2.98. The lowest BCUT2D eigenvalue weighted by atomic mass is 9.97. The van der Waals surface area contributed by atoms with Gasteiger partial charge in [-0.2, -0.15) is 0 Å². The van der Waals surface area contributed by atoms with Crippen LogP contribution in [0.4, 0.5) is 5.69 Å². The first kappa shape index (κ1) is 14.0. The van der Waals surface area contributed by atoms with Gasteiger partial charge in [0.1, 0.15) is 0 Å². The van der Waals surface area contributed by atoms with E-state index in [4.69, 9.17) is 0 Å². The zero-order chi connectivity index (χ0) is 15.4. The van der Waals surface area contributed by atoms with Crippen molar-refractivity contribution in [1.29, 1.82) is 0 Å². The molecule has 3 rings (SSSR count). The van der Waals surface area contributed by atoms with Crippen molar-refractivity contribution in [3.8, 4) is 0 Å². The van der Waals surface area contributed by atoms with Gasteiger partial charge in [-0.15, -0.1) is 5.73 Å². The molecule has 0 aromatic heterocycles. The first-order valence-electron chi connectivity index (χ1n) is 7.30. The summed E-state index contributed by atoms with van der Waals surface area (Å²) in [6.07, 6.45) is 15.8. The minimum atomic E-state index is 0.983. The molecule has 0 unspecified atom stereocenters. The van der Waals surface area contributed by atoms with E-state index in [0.29, 0.717) is 0 Å². The second kappa shape index (κ2) is 6.20. The van der Waals surface area contributed by atoms with Crippen LogP contribution in [0.1, 0.15) is 12.5 Å². The molecule has 2 bridgehead atoms. The molecule has 106 valence electrons. The topological polar surface area (TPSA) is 3.24 Å². The van der Waals surface area contributed by atoms with Crippen LogP contribution in [-0.2, 0) is 0 Å². The number of anilines is 1. The molecule has 1 heterocycles. The molecule has 0 saturated heterocycles. The lowest BCUT2D eigenvalue weighted by molar-refractivity contribution is 1.12. The number of allylic oxidation sites excluding steroid dienone is 7. The van der Waals surface area contributed by atoms with Crippen molar-refractivity contribution in [1.82, 2.24) is 0 Å². The van der Waals surface area contributed by atoms with E-state index in [1.54, 1.807) is 6.08 Å². The van der Waals surface area contributed by atoms with Gasteiger partial charge in [-0.05, 0) is 31.2 Å². The summed E-state index contributed by atoms with van der Waals surface area (Å²) in [5, 5.41) is 0. The van der Waals surface area contributed by atoms with E-state index in [1.807, 2.05) is 31.2 Å². The molecular formula is C21H17N. The van der Waals surface area contributed by atoms with Crippen molar-refractivity contribution in [2.45, 2.75) is 6.92 Å². The van der Waals surface area contributed by atoms with Gasteiger partial charge >= 0.3 is 0 Å². The number of para-hydroxylation sites is 1. The Balaban J connectivity index is 2.26. The van der Waals surface area contributed by atoms with E-state index >= 15 is 0 Å². The van der Waals surface area contributed by atoms with Crippen LogP contribution >= 0.6 is 0 Å². The number of nitrogens with zero attached hydrogens (tertiary/aromatic N) is 1. The summed E-state index contributed by atoms with van der Waals surface area (Å²) in [6.45, 7) is 5.79. The van der Waals surface area contributed by atoms with Crippen molar-refractivity contribution < 1.29 is 0 Å². The van der Waals surface area contributed by atoms with Crippen LogP contribution in [0.3, 0.4) is 0 Å². The standard InChI is InChI=1S/C21H17N/c1-3-5-12-18(4-2)22-19-13-8-6-7-11-17(16-19)20-14-9-10-15-21(20)22/h3-7,9-15H,1H2,2H3/b11-7-,12-5-,18-4+. The summed E-state index contributed by atoms with van der Waals surface area (Å²) in [5.74, 6) is 0. The fourth-order valence-electron chi connectivity index (χ4n) is 2.59. The van der Waals surface area contributed by atoms with E-state index in [1.165, 1.54) is 5.56 Å². The monoisotopic (exact) mass is 283 g/mol. The van der Waals surface area contributed by atoms with Crippen LogP contribution in [0.25, 0.3) is 5.57 Å². The minimum Gasteiger partial charge on any atom is -0.303 e. The third-order valence-electron chi connectivity index (χ3n) is 3.57. The van der Waals surface area contributed by atoms with Gasteiger partial charge in [-0.3, -0.25) is 0 Å². The quantitative estimate of drug-likeness (QED) is 0.537. The van der Waals surface area contributed by atoms with E-state index in [2.05, 4.69) is 65.4 Å². The summed E-state index contributed by atoms with van der Waals surface area (Å²) in [7, 11) is 0. The molecule has 0 fully saturated rings. The maximum atomic E-state index is 3.75. The third-order valence-corrected chi connectivity index (χ3v) is 3.57. The molecule has 0 saturated carbocycles. The summed E-state index contributed by atoms with van der Waals surface area (Å²) in [4.78, 5) is 2.19. The third kappa shape index (κ3) is 2.47. The Bertz CT molecular complexity index is 830. The minimum absolute atomic E-state index is 0.983. The van der Waals surface area contributed by atoms with E-state index < -0.39 is 0 Å². The first-order chi connectivity index (χ1) is 10.8. The SMILES string of the molecule is C=C/C=C\C(=C/C)N1C2=C=C(/C=C\C=C=C2)c2ccccc21. The number of fused-ring (bicyclic) bond motifs is 2. The van der Waals surface area contributed by atoms with Crippen LogP contribution in [0.15, 0.2) is 102 Å². The predicted octanol–water partition coefficient (Wildman–Crippen LogP) is 5.30. The average molecular weight is 283 g/mol. The maximum absolute atomic E-state index is 3.75. The lowest BCUT2D eigenvalue weighted by Crippen LogP contribution is -2.22. The molecule has 2 aliphatic rings. The van der Waals surface area contributed by atoms with Gasteiger partial charge in [-0.25, -0.2) is 0 Å². The van der Waals surface area contributed by atoms with Crippen molar-refractivity contribution in [2.75, 3.05) is 4.90 Å². The van der Waals surface area contributed by atoms with Crippen LogP contribution in [-0.4, -0.2) is 0 Å². The second-order valence-corrected chi connectivity index (χ2v) is 4.92. The number of hydrogen-bond acceptors (Lipinski definition) is 1. The van der Waals surface area contributed by atoms with Crippen LogP contribution in [0.5, 0.6) is 0 Å². The summed E-state index contributed by atoms with van der Waals surface area (Å²) >= 11 is 0. The molecule has 1 heteroatoms. The zero-order valence-corrected chi connectivity index (χ0v) is 12.6. The molecule has 0 N–H and O–H groups in total. The van der Waals surface area contributed by atoms with Crippen LogP contribution < -0.4 is 4.90 Å². The van der Waals surface area contributed by atoms with Gasteiger partial charge in [-0.1, -0.05) is 54.8 Å². The number of rotatable bonds is 3. The van der Waals surface area contributed by atoms with E-state index in [-0.39, 0.29) is 0 Å². The molecule has 1 aliphatic heterocycles. The molecule has 0 amide bonds. The van der Waals surface area contributed by atoms with Crippen molar-refractivity contribution >= 4 is 11.3 Å². The van der Waals surface area contributed by atoms with Gasteiger partial charge in [0.2, 0.25) is 0 Å². The lowest BCUT2D eigenvalue weighted by Gasteiger charge is -2.30. The largest absolute Gasteiger partial charge is 0.303 e. The Morgan fingerprint density at radius 1 is 1.27 bits per heavy atom. The van der Waals surface area contributed by atoms with Gasteiger partial charge in [0.25, 0.3) is 0 Å². The van der Waals surface area contributed by atoms with Gasteiger partial charge in [0, 0.05) is 22.9 Å². The van der Waals surface area contributed by atoms with Crippen LogP contribution in [0.2, 0.25) is 0 Å². The Morgan fingerprint density at radius 2 is 2.14 bits per heavy atom. The predicted molar refractivity (Wildman–Crippen MR) is 94.2 cm³/mol.